The second kappa shape index (κ2) is 48.8. The van der Waals surface area contributed by atoms with Gasteiger partial charge in [0.05, 0.1) is 0 Å². The van der Waals surface area contributed by atoms with Gasteiger partial charge in [-0.1, -0.05) is 154 Å². The summed E-state index contributed by atoms with van der Waals surface area (Å²) in [6.07, 6.45) is 47.5. The molecule has 0 radical (unpaired) electrons. The van der Waals surface area contributed by atoms with Gasteiger partial charge >= 0.3 is 0 Å². The van der Waals surface area contributed by atoms with Crippen molar-refractivity contribution in [3.05, 3.63) is 24.3 Å². The van der Waals surface area contributed by atoms with Crippen LogP contribution in [0.1, 0.15) is 213 Å². The number of allylic oxidation sites excluding steroid dienone is 4. The monoisotopic (exact) mass is 860 g/mol. The van der Waals surface area contributed by atoms with Crippen molar-refractivity contribution in [2.75, 3.05) is 72.0 Å². The van der Waals surface area contributed by atoms with Crippen LogP contribution in [0.3, 0.4) is 0 Å². The Bertz CT molecular complexity index is 958. The molecule has 0 aliphatic heterocycles. The SMILES string of the molecule is CCCCCCCC/C=C\CCCCCCCCN(CCCCCCCC/C=C\CCCCCCCC)CCC(=O)NCCN(CCC(=O)NCCN)CCC(=O)NCCN. The summed E-state index contributed by atoms with van der Waals surface area (Å²) in [7, 11) is 0. The fraction of sp³-hybridized carbons (Fsp3) is 0.863. The van der Waals surface area contributed by atoms with E-state index in [-0.39, 0.29) is 17.7 Å². The topological polar surface area (TPSA) is 146 Å². The van der Waals surface area contributed by atoms with Gasteiger partial charge in [-0.05, 0) is 77.3 Å². The predicted octanol–water partition coefficient (Wildman–Crippen LogP) is 10.1. The fourth-order valence-electron chi connectivity index (χ4n) is 7.66. The molecule has 0 fully saturated rings. The molecule has 7 N–H and O–H groups in total. The van der Waals surface area contributed by atoms with Crippen molar-refractivity contribution in [2.45, 2.75) is 213 Å². The van der Waals surface area contributed by atoms with Crippen molar-refractivity contribution in [1.29, 1.82) is 0 Å². The van der Waals surface area contributed by atoms with E-state index in [1.54, 1.807) is 0 Å². The zero-order valence-electron chi connectivity index (χ0n) is 40.3. The molecule has 10 nitrogen and oxygen atoms in total. The van der Waals surface area contributed by atoms with Gasteiger partial charge in [0.15, 0.2) is 0 Å². The van der Waals surface area contributed by atoms with E-state index in [1.165, 1.54) is 180 Å². The molecule has 0 saturated heterocycles. The summed E-state index contributed by atoms with van der Waals surface area (Å²) in [6, 6.07) is 0. The molecule has 358 valence electrons. The molecule has 0 bridgehead atoms. The van der Waals surface area contributed by atoms with Crippen LogP contribution in [0.2, 0.25) is 0 Å². The molecular formula is C51H101N7O3. The van der Waals surface area contributed by atoms with Crippen LogP contribution in [-0.2, 0) is 14.4 Å². The fourth-order valence-corrected chi connectivity index (χ4v) is 7.66. The molecule has 0 aromatic rings. The van der Waals surface area contributed by atoms with Crippen LogP contribution in [0.25, 0.3) is 0 Å². The number of hydrogen-bond donors (Lipinski definition) is 5. The highest BCUT2D eigenvalue weighted by molar-refractivity contribution is 5.77. The minimum Gasteiger partial charge on any atom is -0.355 e. The molecule has 0 aliphatic carbocycles. The standard InChI is InChI=1S/C51H101N7O3/c1-3-5-7-9-11-13-15-17-19-21-23-25-27-29-31-33-43-57(44-34-32-30-28-26-24-22-20-18-16-14-12-10-8-6-4-2)45-35-51(61)56-42-48-58(46-36-49(59)54-40-38-52)47-37-50(60)55-41-39-53/h17-20H,3-16,21-48,52-53H2,1-2H3,(H,54,59)(H,55,60)(H,56,61)/b19-17-,20-18-. The first-order valence-corrected chi connectivity index (χ1v) is 25.9. The Kier molecular flexibility index (Phi) is 46.9. The van der Waals surface area contributed by atoms with Crippen LogP contribution in [0, 0.1) is 0 Å². The summed E-state index contributed by atoms with van der Waals surface area (Å²) < 4.78 is 0. The van der Waals surface area contributed by atoms with Crippen LogP contribution in [0.4, 0.5) is 0 Å². The molecule has 10 heteroatoms. The van der Waals surface area contributed by atoms with Crippen molar-refractivity contribution in [3.63, 3.8) is 0 Å². The van der Waals surface area contributed by atoms with Gasteiger partial charge in [0, 0.05) is 78.2 Å². The molecule has 0 aromatic heterocycles. The zero-order chi connectivity index (χ0) is 44.5. The van der Waals surface area contributed by atoms with Gasteiger partial charge in [-0.25, -0.2) is 0 Å². The molecule has 0 aliphatic rings. The number of nitrogens with one attached hydrogen (secondary N) is 3. The van der Waals surface area contributed by atoms with E-state index in [1.807, 2.05) is 0 Å². The Labute approximate surface area is 377 Å². The molecule has 3 amide bonds. The van der Waals surface area contributed by atoms with Gasteiger partial charge in [-0.15, -0.1) is 0 Å². The third kappa shape index (κ3) is 45.6. The van der Waals surface area contributed by atoms with E-state index in [0.29, 0.717) is 71.6 Å². The van der Waals surface area contributed by atoms with E-state index in [4.69, 9.17) is 11.5 Å². The van der Waals surface area contributed by atoms with E-state index in [2.05, 4.69) is 63.9 Å². The lowest BCUT2D eigenvalue weighted by molar-refractivity contribution is -0.123. The lowest BCUT2D eigenvalue weighted by Gasteiger charge is -2.23. The number of unbranched alkanes of at least 4 members (excludes halogenated alkanes) is 24. The van der Waals surface area contributed by atoms with Crippen LogP contribution >= 0.6 is 0 Å². The number of carbonyl (C=O) groups excluding carboxylic acids is 3. The first-order valence-electron chi connectivity index (χ1n) is 25.9. The van der Waals surface area contributed by atoms with Gasteiger partial charge in [-0.3, -0.25) is 14.4 Å². The predicted molar refractivity (Wildman–Crippen MR) is 263 cm³/mol. The lowest BCUT2D eigenvalue weighted by Crippen LogP contribution is -2.40. The summed E-state index contributed by atoms with van der Waals surface area (Å²) in [6.45, 7) is 11.2. The largest absolute Gasteiger partial charge is 0.355 e. The van der Waals surface area contributed by atoms with Crippen LogP contribution in [0.15, 0.2) is 24.3 Å². The Morgan fingerprint density at radius 1 is 0.361 bits per heavy atom. The first kappa shape index (κ1) is 58.7. The lowest BCUT2D eigenvalue weighted by atomic mass is 10.1. The Morgan fingerprint density at radius 3 is 0.967 bits per heavy atom. The maximum Gasteiger partial charge on any atom is 0.221 e. The quantitative estimate of drug-likeness (QED) is 0.0303. The molecule has 0 spiro atoms. The highest BCUT2D eigenvalue weighted by Crippen LogP contribution is 2.13. The van der Waals surface area contributed by atoms with Crippen molar-refractivity contribution < 1.29 is 14.4 Å². The first-order chi connectivity index (χ1) is 30.0. The number of carbonyl (C=O) groups is 3. The van der Waals surface area contributed by atoms with Gasteiger partial charge in [0.2, 0.25) is 17.7 Å². The molecule has 61 heavy (non-hydrogen) atoms. The maximum atomic E-state index is 13.0. The van der Waals surface area contributed by atoms with E-state index in [9.17, 15) is 14.4 Å². The molecule has 0 atom stereocenters. The van der Waals surface area contributed by atoms with Crippen molar-refractivity contribution in [2.24, 2.45) is 11.5 Å². The summed E-state index contributed by atoms with van der Waals surface area (Å²) in [4.78, 5) is 42.0. The maximum absolute atomic E-state index is 13.0. The second-order valence-corrected chi connectivity index (χ2v) is 17.4. The smallest absolute Gasteiger partial charge is 0.221 e. The molecule has 0 saturated carbocycles. The van der Waals surface area contributed by atoms with E-state index >= 15 is 0 Å². The number of amides is 3. The van der Waals surface area contributed by atoms with E-state index in [0.717, 1.165) is 19.6 Å². The van der Waals surface area contributed by atoms with Crippen molar-refractivity contribution >= 4 is 17.7 Å². The molecule has 0 unspecified atom stereocenters. The highest BCUT2D eigenvalue weighted by atomic mass is 16.2. The number of rotatable bonds is 48. The highest BCUT2D eigenvalue weighted by Gasteiger charge is 2.13. The van der Waals surface area contributed by atoms with Gasteiger partial charge in [0.25, 0.3) is 0 Å². The van der Waals surface area contributed by atoms with Crippen LogP contribution in [0.5, 0.6) is 0 Å². The zero-order valence-corrected chi connectivity index (χ0v) is 40.3. The third-order valence-electron chi connectivity index (χ3n) is 11.6. The summed E-state index contributed by atoms with van der Waals surface area (Å²) in [5.41, 5.74) is 11.0. The Balaban J connectivity index is 4.64. The van der Waals surface area contributed by atoms with Gasteiger partial charge in [-0.2, -0.15) is 0 Å². The number of nitrogens with zero attached hydrogens (tertiary/aromatic N) is 2. The second-order valence-electron chi connectivity index (χ2n) is 17.4. The molecular weight excluding hydrogens is 759 g/mol. The number of hydrogen-bond acceptors (Lipinski definition) is 7. The average molecular weight is 860 g/mol. The van der Waals surface area contributed by atoms with Crippen LogP contribution in [-0.4, -0.2) is 99.5 Å². The normalized spacial score (nSPS) is 11.8. The van der Waals surface area contributed by atoms with Crippen molar-refractivity contribution in [1.82, 2.24) is 25.8 Å². The molecule has 0 heterocycles. The third-order valence-corrected chi connectivity index (χ3v) is 11.6. The van der Waals surface area contributed by atoms with Crippen LogP contribution < -0.4 is 27.4 Å². The van der Waals surface area contributed by atoms with E-state index < -0.39 is 0 Å². The minimum atomic E-state index is -0.0595. The summed E-state index contributed by atoms with van der Waals surface area (Å²) in [5, 5.41) is 8.72. The summed E-state index contributed by atoms with van der Waals surface area (Å²) >= 11 is 0. The minimum absolute atomic E-state index is 0.0595. The molecule has 0 aromatic carbocycles. The summed E-state index contributed by atoms with van der Waals surface area (Å²) in [5.74, 6) is -0.0558. The average Bonchev–Trinajstić information content (AvgIpc) is 3.26. The van der Waals surface area contributed by atoms with Gasteiger partial charge < -0.3 is 37.2 Å². The number of nitrogens with two attached hydrogens (primary N) is 2. The van der Waals surface area contributed by atoms with Crippen molar-refractivity contribution in [3.8, 4) is 0 Å². The molecule has 0 rings (SSSR count). The van der Waals surface area contributed by atoms with Gasteiger partial charge in [0.1, 0.15) is 0 Å². The Morgan fingerprint density at radius 2 is 0.639 bits per heavy atom. The Hall–Kier alpha value is -2.27.